The van der Waals surface area contributed by atoms with Crippen LogP contribution >= 0.6 is 0 Å². The first kappa shape index (κ1) is 14.3. The van der Waals surface area contributed by atoms with E-state index in [0.29, 0.717) is 0 Å². The number of nitrogens with zero attached hydrogens (tertiary/aromatic N) is 1. The number of hydrogen-bond acceptors (Lipinski definition) is 5. The number of phenolic OH excluding ortho intramolecular Hbond substituents is 1. The number of benzene rings is 2. The maximum Gasteiger partial charge on any atom is 0.271 e. The Bertz CT molecular complexity index is 733. The number of halogens is 1. The zero-order chi connectivity index (χ0) is 15.6. The summed E-state index contributed by atoms with van der Waals surface area (Å²) >= 11 is 0. The van der Waals surface area contributed by atoms with Crippen molar-refractivity contribution in [3.63, 3.8) is 0 Å². The van der Waals surface area contributed by atoms with Gasteiger partial charge >= 0.3 is 0 Å². The number of nitrogens with two attached hydrogens (primary N) is 1. The third-order valence-electron chi connectivity index (χ3n) is 2.74. The number of amides is 1. The van der Waals surface area contributed by atoms with Crippen molar-refractivity contribution in [2.75, 3.05) is 11.1 Å². The lowest BCUT2D eigenvalue weighted by Crippen LogP contribution is -2.15. The average Bonchev–Trinajstić information content (AvgIpc) is 2.43. The SMILES string of the molecule is Nc1c(F)cccc1C(=O)Nc1cc([N+](=O)[O-])ccc1O. The van der Waals surface area contributed by atoms with Gasteiger partial charge in [0.2, 0.25) is 0 Å². The third-order valence-corrected chi connectivity index (χ3v) is 2.74. The Morgan fingerprint density at radius 2 is 2.05 bits per heavy atom. The number of aromatic hydroxyl groups is 1. The molecule has 0 heterocycles. The van der Waals surface area contributed by atoms with Gasteiger partial charge < -0.3 is 16.2 Å². The minimum absolute atomic E-state index is 0.138. The molecule has 108 valence electrons. The molecular weight excluding hydrogens is 281 g/mol. The molecule has 2 rings (SSSR count). The van der Waals surface area contributed by atoms with Crippen molar-refractivity contribution in [2.45, 2.75) is 0 Å². The van der Waals surface area contributed by atoms with Gasteiger partial charge in [-0.1, -0.05) is 6.07 Å². The second-order valence-corrected chi connectivity index (χ2v) is 4.11. The van der Waals surface area contributed by atoms with Gasteiger partial charge in [-0.2, -0.15) is 0 Å². The Morgan fingerprint density at radius 1 is 1.33 bits per heavy atom. The first-order valence-electron chi connectivity index (χ1n) is 5.73. The molecule has 1 amide bonds. The lowest BCUT2D eigenvalue weighted by molar-refractivity contribution is -0.384. The molecule has 0 spiro atoms. The molecule has 8 heteroatoms. The summed E-state index contributed by atoms with van der Waals surface area (Å²) in [6.07, 6.45) is 0. The smallest absolute Gasteiger partial charge is 0.271 e. The fraction of sp³-hybridized carbons (Fsp3) is 0. The molecule has 0 radical (unpaired) electrons. The number of nitrogens with one attached hydrogen (secondary N) is 1. The standard InChI is InChI=1S/C13H10FN3O4/c14-9-3-1-2-8(12(9)15)13(19)16-10-6-7(17(20)21)4-5-11(10)18/h1-6,18H,15H2,(H,16,19). The Labute approximate surface area is 118 Å². The summed E-state index contributed by atoms with van der Waals surface area (Å²) in [6, 6.07) is 6.83. The molecule has 0 saturated heterocycles. The van der Waals surface area contributed by atoms with Crippen LogP contribution in [0.3, 0.4) is 0 Å². The Balaban J connectivity index is 2.33. The van der Waals surface area contributed by atoms with Crippen molar-refractivity contribution in [1.82, 2.24) is 0 Å². The predicted molar refractivity (Wildman–Crippen MR) is 73.5 cm³/mol. The van der Waals surface area contributed by atoms with E-state index in [1.54, 1.807) is 0 Å². The molecule has 0 atom stereocenters. The third kappa shape index (κ3) is 2.89. The highest BCUT2D eigenvalue weighted by Crippen LogP contribution is 2.28. The van der Waals surface area contributed by atoms with Crippen LogP contribution in [0.2, 0.25) is 0 Å². The molecule has 0 unspecified atom stereocenters. The molecule has 0 fully saturated rings. The Morgan fingerprint density at radius 3 is 2.71 bits per heavy atom. The highest BCUT2D eigenvalue weighted by atomic mass is 19.1. The van der Waals surface area contributed by atoms with Gasteiger partial charge in [0.05, 0.1) is 21.9 Å². The summed E-state index contributed by atoms with van der Waals surface area (Å²) in [5, 5.41) is 22.5. The summed E-state index contributed by atoms with van der Waals surface area (Å²) < 4.78 is 13.3. The molecular formula is C13H10FN3O4. The molecule has 0 aliphatic rings. The van der Waals surface area contributed by atoms with E-state index in [9.17, 15) is 24.4 Å². The molecule has 0 aliphatic carbocycles. The number of anilines is 2. The zero-order valence-corrected chi connectivity index (χ0v) is 10.5. The number of rotatable bonds is 3. The number of para-hydroxylation sites is 1. The number of nitro benzene ring substituents is 1. The van der Waals surface area contributed by atoms with Gasteiger partial charge in [0.25, 0.3) is 11.6 Å². The van der Waals surface area contributed by atoms with Gasteiger partial charge in [-0.05, 0) is 18.2 Å². The van der Waals surface area contributed by atoms with Gasteiger partial charge in [0.1, 0.15) is 11.6 Å². The van der Waals surface area contributed by atoms with E-state index in [0.717, 1.165) is 24.3 Å². The zero-order valence-electron chi connectivity index (χ0n) is 10.5. The molecule has 7 nitrogen and oxygen atoms in total. The minimum Gasteiger partial charge on any atom is -0.506 e. The van der Waals surface area contributed by atoms with E-state index in [1.165, 1.54) is 12.1 Å². The van der Waals surface area contributed by atoms with Gasteiger partial charge in [-0.3, -0.25) is 14.9 Å². The fourth-order valence-corrected chi connectivity index (χ4v) is 1.66. The van der Waals surface area contributed by atoms with Crippen LogP contribution in [-0.2, 0) is 0 Å². The first-order valence-corrected chi connectivity index (χ1v) is 5.73. The quantitative estimate of drug-likeness (QED) is 0.347. The Kier molecular flexibility index (Phi) is 3.70. The van der Waals surface area contributed by atoms with Crippen molar-refractivity contribution in [3.8, 4) is 5.75 Å². The fourth-order valence-electron chi connectivity index (χ4n) is 1.66. The molecule has 0 aliphatic heterocycles. The maximum atomic E-state index is 13.3. The molecule has 2 aromatic rings. The highest BCUT2D eigenvalue weighted by molar-refractivity contribution is 6.08. The lowest BCUT2D eigenvalue weighted by atomic mass is 10.1. The number of nitro groups is 1. The van der Waals surface area contributed by atoms with E-state index < -0.39 is 16.6 Å². The summed E-state index contributed by atoms with van der Waals surface area (Å²) in [7, 11) is 0. The second kappa shape index (κ2) is 5.45. The van der Waals surface area contributed by atoms with Crippen LogP contribution in [0.1, 0.15) is 10.4 Å². The second-order valence-electron chi connectivity index (χ2n) is 4.11. The highest BCUT2D eigenvalue weighted by Gasteiger charge is 2.16. The molecule has 0 saturated carbocycles. The average molecular weight is 291 g/mol. The molecule has 0 aromatic heterocycles. The molecule has 4 N–H and O–H groups in total. The van der Waals surface area contributed by atoms with Crippen LogP contribution in [0, 0.1) is 15.9 Å². The normalized spacial score (nSPS) is 10.1. The van der Waals surface area contributed by atoms with Crippen LogP contribution < -0.4 is 11.1 Å². The topological polar surface area (TPSA) is 118 Å². The molecule has 0 bridgehead atoms. The van der Waals surface area contributed by atoms with Gasteiger partial charge in [0, 0.05) is 12.1 Å². The van der Waals surface area contributed by atoms with Crippen LogP contribution in [-0.4, -0.2) is 15.9 Å². The summed E-state index contributed by atoms with van der Waals surface area (Å²) in [4.78, 5) is 22.0. The van der Waals surface area contributed by atoms with E-state index in [2.05, 4.69) is 5.32 Å². The van der Waals surface area contributed by atoms with Crippen LogP contribution in [0.5, 0.6) is 5.75 Å². The predicted octanol–water partition coefficient (Wildman–Crippen LogP) is 2.27. The summed E-state index contributed by atoms with van der Waals surface area (Å²) in [6.45, 7) is 0. The maximum absolute atomic E-state index is 13.3. The number of phenols is 1. The summed E-state index contributed by atoms with van der Waals surface area (Å²) in [5.41, 5.74) is 4.48. The van der Waals surface area contributed by atoms with Crippen molar-refractivity contribution < 1.29 is 19.2 Å². The Hall–Kier alpha value is -3.16. The number of hydrogen-bond donors (Lipinski definition) is 3. The summed E-state index contributed by atoms with van der Waals surface area (Å²) in [5.74, 6) is -1.90. The van der Waals surface area contributed by atoms with Gasteiger partial charge in [0.15, 0.2) is 0 Å². The first-order chi connectivity index (χ1) is 9.90. The monoisotopic (exact) mass is 291 g/mol. The largest absolute Gasteiger partial charge is 0.506 e. The van der Waals surface area contributed by atoms with Crippen LogP contribution in [0.4, 0.5) is 21.5 Å². The van der Waals surface area contributed by atoms with Gasteiger partial charge in [-0.25, -0.2) is 4.39 Å². The number of carbonyl (C=O) groups is 1. The van der Waals surface area contributed by atoms with Crippen LogP contribution in [0.15, 0.2) is 36.4 Å². The van der Waals surface area contributed by atoms with Crippen molar-refractivity contribution in [3.05, 3.63) is 57.9 Å². The van der Waals surface area contributed by atoms with E-state index in [1.807, 2.05) is 0 Å². The van der Waals surface area contributed by atoms with Crippen molar-refractivity contribution >= 4 is 23.0 Å². The number of nitrogen functional groups attached to an aromatic ring is 1. The van der Waals surface area contributed by atoms with Crippen molar-refractivity contribution in [2.24, 2.45) is 0 Å². The van der Waals surface area contributed by atoms with Crippen molar-refractivity contribution in [1.29, 1.82) is 0 Å². The molecule has 2 aromatic carbocycles. The number of non-ortho nitro benzene ring substituents is 1. The molecule has 21 heavy (non-hydrogen) atoms. The minimum atomic E-state index is -0.789. The van der Waals surface area contributed by atoms with Gasteiger partial charge in [-0.15, -0.1) is 0 Å². The lowest BCUT2D eigenvalue weighted by Gasteiger charge is -2.09. The van der Waals surface area contributed by atoms with Crippen LogP contribution in [0.25, 0.3) is 0 Å². The van der Waals surface area contributed by atoms with E-state index in [-0.39, 0.29) is 28.4 Å². The number of carbonyl (C=O) groups excluding carboxylic acids is 1. The van der Waals surface area contributed by atoms with E-state index in [4.69, 9.17) is 5.73 Å². The van der Waals surface area contributed by atoms with E-state index >= 15 is 0 Å².